The van der Waals surface area contributed by atoms with Crippen LogP contribution in [0.1, 0.15) is 19.3 Å². The van der Waals surface area contributed by atoms with Crippen LogP contribution in [0, 0.1) is 5.41 Å². The quantitative estimate of drug-likeness (QED) is 0.470. The van der Waals surface area contributed by atoms with Gasteiger partial charge in [0.1, 0.15) is 0 Å². The predicted octanol–water partition coefficient (Wildman–Crippen LogP) is 1.48. The summed E-state index contributed by atoms with van der Waals surface area (Å²) in [5.41, 5.74) is 0.233. The van der Waals surface area contributed by atoms with Crippen LogP contribution in [0.4, 0.5) is 0 Å². The summed E-state index contributed by atoms with van der Waals surface area (Å²) in [4.78, 5) is 0. The van der Waals surface area contributed by atoms with E-state index in [-0.39, 0.29) is 11.7 Å². The molecule has 2 atom stereocenters. The molecule has 3 nitrogen and oxygen atoms in total. The Kier molecular flexibility index (Phi) is 1.94. The van der Waals surface area contributed by atoms with Crippen LogP contribution in [-0.4, -0.2) is 31.7 Å². The Morgan fingerprint density at radius 2 is 2.00 bits per heavy atom. The van der Waals surface area contributed by atoms with Crippen molar-refractivity contribution in [3.8, 4) is 0 Å². The molecule has 0 aromatic carbocycles. The number of hydrogen-bond acceptors (Lipinski definition) is 3. The van der Waals surface area contributed by atoms with Crippen LogP contribution in [0.3, 0.4) is 0 Å². The van der Waals surface area contributed by atoms with Crippen molar-refractivity contribution in [2.24, 2.45) is 5.41 Å². The zero-order valence-electron chi connectivity index (χ0n) is 8.28. The van der Waals surface area contributed by atoms with E-state index in [9.17, 15) is 0 Å². The third-order valence-electron chi connectivity index (χ3n) is 3.58. The Morgan fingerprint density at radius 3 is 2.64 bits per heavy atom. The molecule has 2 saturated heterocycles. The molecule has 2 unspecified atom stereocenters. The summed E-state index contributed by atoms with van der Waals surface area (Å²) in [6, 6.07) is 0. The summed E-state index contributed by atoms with van der Waals surface area (Å²) >= 11 is 0. The zero-order valence-corrected chi connectivity index (χ0v) is 8.28. The van der Waals surface area contributed by atoms with Gasteiger partial charge in [-0.15, -0.1) is 0 Å². The lowest BCUT2D eigenvalue weighted by Gasteiger charge is -2.40. The van der Waals surface area contributed by atoms with E-state index in [2.05, 4.69) is 6.58 Å². The Hall–Kier alpha value is -0.380. The van der Waals surface area contributed by atoms with Gasteiger partial charge in [-0.05, 0) is 25.3 Å². The standard InChI is InChI=1S/C11H16O3/c1-2-10-12-6-11(7-13-10)4-3-8-9(5-11)14-8/h2,8-10H,1,3-7H2. The maximum atomic E-state index is 5.59. The second-order valence-corrected chi connectivity index (χ2v) is 4.68. The molecule has 1 spiro atoms. The topological polar surface area (TPSA) is 31.0 Å². The third-order valence-corrected chi connectivity index (χ3v) is 3.58. The van der Waals surface area contributed by atoms with Gasteiger partial charge >= 0.3 is 0 Å². The van der Waals surface area contributed by atoms with E-state index >= 15 is 0 Å². The van der Waals surface area contributed by atoms with Gasteiger partial charge in [0.05, 0.1) is 25.4 Å². The van der Waals surface area contributed by atoms with Gasteiger partial charge in [-0.2, -0.15) is 0 Å². The van der Waals surface area contributed by atoms with Gasteiger partial charge in [0, 0.05) is 5.41 Å². The molecule has 78 valence electrons. The number of fused-ring (bicyclic) bond motifs is 1. The highest BCUT2D eigenvalue weighted by molar-refractivity contribution is 5.00. The average Bonchev–Trinajstić information content (AvgIpc) is 2.97. The molecule has 0 radical (unpaired) electrons. The summed E-state index contributed by atoms with van der Waals surface area (Å²) in [6.45, 7) is 5.27. The van der Waals surface area contributed by atoms with Gasteiger partial charge < -0.3 is 14.2 Å². The first-order valence-electron chi connectivity index (χ1n) is 5.33. The zero-order chi connectivity index (χ0) is 9.60. The van der Waals surface area contributed by atoms with Crippen molar-refractivity contribution in [1.82, 2.24) is 0 Å². The van der Waals surface area contributed by atoms with Crippen LogP contribution in [0.2, 0.25) is 0 Å². The summed E-state index contributed by atoms with van der Waals surface area (Å²) in [5.74, 6) is 0. The van der Waals surface area contributed by atoms with Crippen molar-refractivity contribution < 1.29 is 14.2 Å². The second kappa shape index (κ2) is 3.05. The monoisotopic (exact) mass is 196 g/mol. The minimum atomic E-state index is -0.196. The maximum absolute atomic E-state index is 5.59. The summed E-state index contributed by atoms with van der Waals surface area (Å²) in [7, 11) is 0. The molecule has 1 saturated carbocycles. The molecule has 3 fully saturated rings. The van der Waals surface area contributed by atoms with Crippen LogP contribution in [0.25, 0.3) is 0 Å². The fraction of sp³-hybridized carbons (Fsp3) is 0.818. The Bertz CT molecular complexity index is 243. The van der Waals surface area contributed by atoms with Crippen molar-refractivity contribution >= 4 is 0 Å². The molecule has 0 aromatic rings. The highest BCUT2D eigenvalue weighted by Gasteiger charge is 2.51. The van der Waals surface area contributed by atoms with Crippen LogP contribution in [-0.2, 0) is 14.2 Å². The molecule has 2 aliphatic heterocycles. The van der Waals surface area contributed by atoms with E-state index in [0.717, 1.165) is 19.6 Å². The molecule has 0 bridgehead atoms. The first-order valence-corrected chi connectivity index (χ1v) is 5.33. The molecule has 0 amide bonds. The van der Waals surface area contributed by atoms with Gasteiger partial charge in [-0.3, -0.25) is 0 Å². The molecule has 3 rings (SSSR count). The Labute approximate surface area is 84.0 Å². The highest BCUT2D eigenvalue weighted by Crippen LogP contribution is 2.48. The predicted molar refractivity (Wildman–Crippen MR) is 50.8 cm³/mol. The number of hydrogen-bond donors (Lipinski definition) is 0. The summed E-state index contributed by atoms with van der Waals surface area (Å²) in [6.07, 6.45) is 6.04. The van der Waals surface area contributed by atoms with Crippen LogP contribution >= 0.6 is 0 Å². The summed E-state index contributed by atoms with van der Waals surface area (Å²) in [5, 5.41) is 0. The van der Waals surface area contributed by atoms with Crippen molar-refractivity contribution in [3.05, 3.63) is 12.7 Å². The van der Waals surface area contributed by atoms with Gasteiger partial charge in [0.2, 0.25) is 0 Å². The first kappa shape index (κ1) is 8.89. The van der Waals surface area contributed by atoms with Crippen molar-refractivity contribution in [2.45, 2.75) is 37.8 Å². The highest BCUT2D eigenvalue weighted by atomic mass is 16.7. The summed E-state index contributed by atoms with van der Waals surface area (Å²) < 4.78 is 16.7. The molecule has 1 aliphatic carbocycles. The minimum absolute atomic E-state index is 0.196. The number of rotatable bonds is 1. The lowest BCUT2D eigenvalue weighted by atomic mass is 9.75. The van der Waals surface area contributed by atoms with Gasteiger partial charge in [0.15, 0.2) is 6.29 Å². The molecular formula is C11H16O3. The van der Waals surface area contributed by atoms with E-state index in [1.165, 1.54) is 12.8 Å². The Morgan fingerprint density at radius 1 is 1.21 bits per heavy atom. The van der Waals surface area contributed by atoms with Crippen molar-refractivity contribution in [1.29, 1.82) is 0 Å². The van der Waals surface area contributed by atoms with Crippen LogP contribution in [0.15, 0.2) is 12.7 Å². The minimum Gasteiger partial charge on any atom is -0.370 e. The fourth-order valence-electron chi connectivity index (χ4n) is 2.60. The van der Waals surface area contributed by atoms with Gasteiger partial charge in [0.25, 0.3) is 0 Å². The van der Waals surface area contributed by atoms with Gasteiger partial charge in [-0.25, -0.2) is 0 Å². The SMILES string of the molecule is C=CC1OCC2(CCC3OC3C2)CO1. The molecule has 3 heteroatoms. The van der Waals surface area contributed by atoms with E-state index in [1.807, 2.05) is 0 Å². The van der Waals surface area contributed by atoms with Gasteiger partial charge in [-0.1, -0.05) is 6.58 Å². The lowest BCUT2D eigenvalue weighted by Crippen LogP contribution is -2.43. The molecule has 0 aromatic heterocycles. The fourth-order valence-corrected chi connectivity index (χ4v) is 2.60. The Balaban J connectivity index is 1.64. The van der Waals surface area contributed by atoms with Crippen molar-refractivity contribution in [3.63, 3.8) is 0 Å². The van der Waals surface area contributed by atoms with E-state index in [1.54, 1.807) is 6.08 Å². The smallest absolute Gasteiger partial charge is 0.176 e. The van der Waals surface area contributed by atoms with E-state index in [4.69, 9.17) is 14.2 Å². The number of epoxide rings is 1. The molecule has 3 aliphatic rings. The molecule has 14 heavy (non-hydrogen) atoms. The maximum Gasteiger partial charge on any atom is 0.176 e. The molecular weight excluding hydrogens is 180 g/mol. The van der Waals surface area contributed by atoms with Crippen LogP contribution < -0.4 is 0 Å². The van der Waals surface area contributed by atoms with E-state index < -0.39 is 0 Å². The first-order chi connectivity index (χ1) is 6.81. The molecule has 0 N–H and O–H groups in total. The molecule has 2 heterocycles. The third kappa shape index (κ3) is 1.40. The second-order valence-electron chi connectivity index (χ2n) is 4.68. The largest absolute Gasteiger partial charge is 0.370 e. The normalized spacial score (nSPS) is 51.3. The van der Waals surface area contributed by atoms with Crippen molar-refractivity contribution in [2.75, 3.05) is 13.2 Å². The van der Waals surface area contributed by atoms with Crippen LogP contribution in [0.5, 0.6) is 0 Å². The lowest BCUT2D eigenvalue weighted by molar-refractivity contribution is -0.212. The number of ether oxygens (including phenoxy) is 3. The average molecular weight is 196 g/mol. The van der Waals surface area contributed by atoms with E-state index in [0.29, 0.717) is 12.2 Å².